The maximum Gasteiger partial charge on any atom is 0.335 e. The van der Waals surface area contributed by atoms with E-state index in [1.165, 1.54) is 116 Å². The third-order valence-corrected chi connectivity index (χ3v) is 27.0. The summed E-state index contributed by atoms with van der Waals surface area (Å²) in [4.78, 5) is 40.8. The number of hydrogen-bond acceptors (Lipinski definition) is 9. The fourth-order valence-electron chi connectivity index (χ4n) is 19.4. The Labute approximate surface area is 818 Å². The van der Waals surface area contributed by atoms with Gasteiger partial charge in [-0.2, -0.15) is 0 Å². The molecule has 4 aromatic heterocycles. The first-order chi connectivity index (χ1) is 67.8. The summed E-state index contributed by atoms with van der Waals surface area (Å²) in [6.45, 7) is 20.1. The number of nitrogens with one attached hydrogen (secondary N) is 2. The molecule has 0 atom stereocenters. The zero-order valence-electron chi connectivity index (χ0n) is 82.4. The molecular weight excluding hydrogens is 1690 g/mol. The van der Waals surface area contributed by atoms with Crippen LogP contribution in [0.1, 0.15) is 274 Å². The summed E-state index contributed by atoms with van der Waals surface area (Å²) in [5.41, 5.74) is 28.5. The van der Waals surface area contributed by atoms with E-state index in [0.29, 0.717) is 37.7 Å². The molecule has 12 nitrogen and oxygen atoms in total. The summed E-state index contributed by atoms with van der Waals surface area (Å²) in [5, 5.41) is 11.0. The van der Waals surface area contributed by atoms with Gasteiger partial charge in [0.25, 0.3) is 0 Å². The van der Waals surface area contributed by atoms with E-state index >= 15 is 0 Å². The molecule has 2 aliphatic rings. The van der Waals surface area contributed by atoms with Crippen LogP contribution in [0.25, 0.3) is 135 Å². The number of H-pyrrole nitrogens is 2. The largest absolute Gasteiger partial charge is 0.493 e. The SMILES string of the molecule is CCCCCCCCCCCCOc1cccc(C)c1-c1c2nc(c(N(c3ccc(-c4ccc(C)cc4OCCCCCC)cc3)c3ccc(-c4ccc(C)cc4OCCCCCC)cc3)c3ccc([nH]3)c(-c3c(C)cccc3OCCCCCCCCCCCC)c3nc(c(C#Cc4ccc(-c5ccc(C(=O)O)cc5)c5nc(-c6ccccc6)c(-c6ccccc6)cc45)c4ccc1[nH]4)C=C3)C=C2. The lowest BCUT2D eigenvalue weighted by Gasteiger charge is -2.27. The quantitative estimate of drug-likeness (QED) is 0.0249. The molecule has 6 heterocycles. The molecule has 0 aliphatic carbocycles. The first kappa shape index (κ1) is 97.3. The standard InChI is InChI=1S/C126H136N6O6/c1-9-13-17-21-23-25-27-29-31-41-81-135-115-51-43-45-90(7)119(115)121-109-75-73-107(127-109)104(72-64-96-63-71-103(95-55-57-98(58-56-95)126(133)134)124-106(96)87-105(92-47-35-33-36-48-92)123(131-124)97-49-37-34-38-50-97)108-74-76-110(128-108)122(120-91(8)46-44-52-116(120)136-82-42-32-30-28-26-24-22-18-14-10-2)112-78-80-114(130-112)125(113-79-77-111(121)129-113)132(99-65-59-93(60-66-99)101-69-53-88(5)85-117(101)137-83-39-19-15-11-3)100-67-61-94(62-68-100)102-70-54-89(6)86-118(102)138-84-40-20-16-12-4/h33-38,43-63,65-71,73-80,85-87,127,130H,9-32,39-42,81-84H2,1-8H3,(H,133,134). The fourth-order valence-corrected chi connectivity index (χ4v) is 19.4. The second-order valence-corrected chi connectivity index (χ2v) is 37.5. The number of carboxylic acids is 1. The number of benzene rings is 10. The van der Waals surface area contributed by atoms with E-state index in [-0.39, 0.29) is 5.56 Å². The highest BCUT2D eigenvalue weighted by molar-refractivity contribution is 6.05. The lowest BCUT2D eigenvalue weighted by atomic mass is 9.92. The molecule has 706 valence electrons. The van der Waals surface area contributed by atoms with Crippen molar-refractivity contribution >= 4 is 80.3 Å². The number of unbranched alkanes of at least 4 members (excludes halogenated alkanes) is 24. The first-order valence-corrected chi connectivity index (χ1v) is 51.4. The third kappa shape index (κ3) is 24.2. The van der Waals surface area contributed by atoms with Crippen molar-refractivity contribution < 1.29 is 28.8 Å². The van der Waals surface area contributed by atoms with E-state index in [1.54, 1.807) is 12.1 Å². The summed E-state index contributed by atoms with van der Waals surface area (Å²) >= 11 is 0. The maximum absolute atomic E-state index is 12.4. The summed E-state index contributed by atoms with van der Waals surface area (Å²) in [6.07, 6.45) is 41.9. The van der Waals surface area contributed by atoms with Crippen molar-refractivity contribution in [3.8, 4) is 113 Å². The number of carbonyl (C=O) groups is 1. The minimum Gasteiger partial charge on any atom is -0.493 e. The van der Waals surface area contributed by atoms with Crippen LogP contribution in [0.5, 0.6) is 23.0 Å². The number of ether oxygens (including phenoxy) is 4. The van der Waals surface area contributed by atoms with Crippen LogP contribution in [-0.4, -0.2) is 62.4 Å². The number of aromatic amines is 2. The van der Waals surface area contributed by atoms with Gasteiger partial charge in [-0.25, -0.2) is 19.7 Å². The van der Waals surface area contributed by atoms with Crippen molar-refractivity contribution in [1.82, 2.24) is 24.9 Å². The Kier molecular flexibility index (Phi) is 34.4. The predicted octanol–water partition coefficient (Wildman–Crippen LogP) is 35.2. The van der Waals surface area contributed by atoms with Gasteiger partial charge < -0.3 is 38.9 Å². The number of nitrogens with zero attached hydrogens (tertiary/aromatic N) is 4. The molecule has 10 aromatic carbocycles. The smallest absolute Gasteiger partial charge is 0.335 e. The van der Waals surface area contributed by atoms with Crippen LogP contribution in [0.15, 0.2) is 249 Å². The lowest BCUT2D eigenvalue weighted by molar-refractivity contribution is 0.0696. The van der Waals surface area contributed by atoms with Crippen molar-refractivity contribution in [3.63, 3.8) is 0 Å². The zero-order chi connectivity index (χ0) is 95.3. The van der Waals surface area contributed by atoms with E-state index in [9.17, 15) is 9.90 Å². The number of aryl methyl sites for hydroxylation is 4. The van der Waals surface area contributed by atoms with Crippen molar-refractivity contribution in [2.24, 2.45) is 0 Å². The summed E-state index contributed by atoms with van der Waals surface area (Å²) in [5.74, 6) is 10.0. The number of aromatic carboxylic acids is 1. The van der Waals surface area contributed by atoms with Gasteiger partial charge in [0, 0.05) is 83.4 Å². The fraction of sp³-hybridized carbons (Fsp3) is 0.317. The van der Waals surface area contributed by atoms with E-state index < -0.39 is 5.97 Å². The zero-order valence-corrected chi connectivity index (χ0v) is 82.4. The second kappa shape index (κ2) is 48.8. The predicted molar refractivity (Wildman–Crippen MR) is 579 cm³/mol. The minimum atomic E-state index is -0.993. The van der Waals surface area contributed by atoms with Crippen LogP contribution in [0, 0.1) is 39.5 Å². The average Bonchev–Trinajstić information content (AvgIpc) is 1.49. The molecule has 0 saturated carbocycles. The molecule has 0 amide bonds. The van der Waals surface area contributed by atoms with E-state index in [2.05, 4.69) is 307 Å². The van der Waals surface area contributed by atoms with Gasteiger partial charge in [-0.15, -0.1) is 0 Å². The number of aromatic nitrogens is 5. The first-order valence-electron chi connectivity index (χ1n) is 51.4. The van der Waals surface area contributed by atoms with Gasteiger partial charge in [0.2, 0.25) is 0 Å². The third-order valence-electron chi connectivity index (χ3n) is 27.0. The Hall–Kier alpha value is -13.8. The molecular formula is C126H136N6O6. The van der Waals surface area contributed by atoms with Gasteiger partial charge >= 0.3 is 5.97 Å². The molecule has 12 heteroatoms. The van der Waals surface area contributed by atoms with Crippen LogP contribution < -0.4 is 23.8 Å². The van der Waals surface area contributed by atoms with Crippen LogP contribution in [0.3, 0.4) is 0 Å². The van der Waals surface area contributed by atoms with Crippen molar-refractivity contribution in [2.75, 3.05) is 31.3 Å². The van der Waals surface area contributed by atoms with Crippen molar-refractivity contribution in [3.05, 3.63) is 310 Å². The highest BCUT2D eigenvalue weighted by atomic mass is 16.5. The number of pyridine rings is 1. The number of hydrogen-bond donors (Lipinski definition) is 3. The highest BCUT2D eigenvalue weighted by Gasteiger charge is 2.28. The molecule has 8 bridgehead atoms. The van der Waals surface area contributed by atoms with E-state index in [4.69, 9.17) is 33.9 Å². The van der Waals surface area contributed by atoms with Gasteiger partial charge in [0.1, 0.15) is 23.0 Å². The Balaban J connectivity index is 0.944. The second-order valence-electron chi connectivity index (χ2n) is 37.5. The summed E-state index contributed by atoms with van der Waals surface area (Å²) in [6, 6.07) is 86.9. The Morgan fingerprint density at radius 3 is 1.20 bits per heavy atom. The summed E-state index contributed by atoms with van der Waals surface area (Å²) < 4.78 is 27.8. The molecule has 16 rings (SSSR count). The molecule has 0 saturated heterocycles. The highest BCUT2D eigenvalue weighted by Crippen LogP contribution is 2.48. The molecule has 14 aromatic rings. The number of fused-ring (bicyclic) bond motifs is 9. The normalized spacial score (nSPS) is 11.6. The molecule has 0 spiro atoms. The van der Waals surface area contributed by atoms with E-state index in [0.717, 1.165) is 260 Å². The Morgan fingerprint density at radius 1 is 0.326 bits per heavy atom. The molecule has 3 N–H and O–H groups in total. The average molecular weight is 1830 g/mol. The molecule has 138 heavy (non-hydrogen) atoms. The Bertz CT molecular complexity index is 6610. The molecule has 0 unspecified atom stereocenters. The summed E-state index contributed by atoms with van der Waals surface area (Å²) in [7, 11) is 0. The molecule has 2 aliphatic heterocycles. The van der Waals surface area contributed by atoms with Gasteiger partial charge in [-0.1, -0.05) is 345 Å². The molecule has 0 fully saturated rings. The number of rotatable bonds is 47. The van der Waals surface area contributed by atoms with Crippen LogP contribution in [0.4, 0.5) is 17.1 Å². The van der Waals surface area contributed by atoms with Crippen molar-refractivity contribution in [1.29, 1.82) is 0 Å². The minimum absolute atomic E-state index is 0.199. The van der Waals surface area contributed by atoms with Crippen LogP contribution in [-0.2, 0) is 0 Å². The Morgan fingerprint density at radius 2 is 0.717 bits per heavy atom. The van der Waals surface area contributed by atoms with Gasteiger partial charge in [0.15, 0.2) is 0 Å². The number of carboxylic acid groups (broad SMARTS) is 1. The topological polar surface area (TPSA) is 148 Å². The van der Waals surface area contributed by atoms with Crippen molar-refractivity contribution in [2.45, 2.75) is 235 Å². The van der Waals surface area contributed by atoms with E-state index in [1.807, 2.05) is 36.4 Å². The number of anilines is 3. The maximum atomic E-state index is 12.4. The van der Waals surface area contributed by atoms with Gasteiger partial charge in [-0.3, -0.25) is 0 Å². The lowest BCUT2D eigenvalue weighted by Crippen LogP contribution is -2.12. The van der Waals surface area contributed by atoms with Crippen LogP contribution in [0.2, 0.25) is 0 Å². The van der Waals surface area contributed by atoms with Gasteiger partial charge in [0.05, 0.1) is 88.3 Å². The molecule has 0 radical (unpaired) electrons. The van der Waals surface area contributed by atoms with Gasteiger partial charge in [-0.05, 0) is 219 Å². The monoisotopic (exact) mass is 1830 g/mol. The van der Waals surface area contributed by atoms with Crippen LogP contribution >= 0.6 is 0 Å².